The topological polar surface area (TPSA) is 180 Å². The second-order valence-electron chi connectivity index (χ2n) is 9.80. The van der Waals surface area contributed by atoms with Crippen molar-refractivity contribution in [2.24, 2.45) is 9.98 Å². The van der Waals surface area contributed by atoms with Gasteiger partial charge in [0, 0.05) is 24.2 Å². The standard InChI is InChI=1S/C29H34N4O10/c1-20-12-13-22(30-18-34)17-25(20)33-27(37)39-16-14-29(3,4)41-26(36)11-6-5-7-15-40-43-42-28(38)32-24-10-8-9-23(21(24)2)31-19-35/h8-10,12-13,17H,5-7,11,14-16H2,1-4H3,(H,32,38)(H,33,37). The van der Waals surface area contributed by atoms with Crippen LogP contribution in [-0.2, 0) is 38.7 Å². The molecule has 14 nitrogen and oxygen atoms in total. The molecule has 2 amide bonds. The Labute approximate surface area is 248 Å². The minimum absolute atomic E-state index is 0.00941. The molecule has 2 aromatic rings. The van der Waals surface area contributed by atoms with Crippen molar-refractivity contribution < 1.29 is 48.3 Å². The van der Waals surface area contributed by atoms with E-state index in [1.165, 1.54) is 18.2 Å². The number of hydrogen-bond acceptors (Lipinski definition) is 12. The fourth-order valence-corrected chi connectivity index (χ4v) is 3.57. The van der Waals surface area contributed by atoms with Crippen LogP contribution in [0.1, 0.15) is 57.1 Å². The van der Waals surface area contributed by atoms with Crippen molar-refractivity contribution in [1.29, 1.82) is 0 Å². The number of isocyanates is 2. The van der Waals surface area contributed by atoms with E-state index < -0.39 is 23.8 Å². The third-order valence-corrected chi connectivity index (χ3v) is 5.93. The van der Waals surface area contributed by atoms with E-state index in [1.54, 1.807) is 58.0 Å². The first-order valence-electron chi connectivity index (χ1n) is 13.3. The van der Waals surface area contributed by atoms with Crippen LogP contribution in [0.25, 0.3) is 0 Å². The molecule has 0 aliphatic carbocycles. The van der Waals surface area contributed by atoms with Crippen LogP contribution in [0.5, 0.6) is 0 Å². The average Bonchev–Trinajstić information content (AvgIpc) is 2.94. The summed E-state index contributed by atoms with van der Waals surface area (Å²) >= 11 is 0. The highest BCUT2D eigenvalue weighted by atomic mass is 17.5. The maximum Gasteiger partial charge on any atom is 0.446 e. The van der Waals surface area contributed by atoms with Gasteiger partial charge in [0.05, 0.1) is 24.6 Å². The number of benzene rings is 2. The van der Waals surface area contributed by atoms with Gasteiger partial charge in [0.1, 0.15) is 5.60 Å². The number of hydrogen-bond donors (Lipinski definition) is 2. The highest BCUT2D eigenvalue weighted by Gasteiger charge is 2.23. The molecular weight excluding hydrogens is 564 g/mol. The van der Waals surface area contributed by atoms with Gasteiger partial charge in [0.2, 0.25) is 12.2 Å². The van der Waals surface area contributed by atoms with E-state index in [0.29, 0.717) is 47.6 Å². The van der Waals surface area contributed by atoms with Crippen LogP contribution in [0.4, 0.5) is 32.3 Å². The van der Waals surface area contributed by atoms with Gasteiger partial charge in [-0.15, -0.1) is 0 Å². The van der Waals surface area contributed by atoms with Gasteiger partial charge in [-0.25, -0.2) is 24.1 Å². The van der Waals surface area contributed by atoms with Gasteiger partial charge >= 0.3 is 18.2 Å². The van der Waals surface area contributed by atoms with Crippen molar-refractivity contribution in [1.82, 2.24) is 0 Å². The maximum atomic E-state index is 12.2. The average molecular weight is 599 g/mol. The number of aryl methyl sites for hydroxylation is 1. The first-order chi connectivity index (χ1) is 20.5. The molecule has 0 radical (unpaired) electrons. The third-order valence-electron chi connectivity index (χ3n) is 5.93. The monoisotopic (exact) mass is 598 g/mol. The summed E-state index contributed by atoms with van der Waals surface area (Å²) in [5, 5.41) is 9.47. The lowest BCUT2D eigenvalue weighted by atomic mass is 10.1. The summed E-state index contributed by atoms with van der Waals surface area (Å²) in [4.78, 5) is 73.5. The maximum absolute atomic E-state index is 12.2. The summed E-state index contributed by atoms with van der Waals surface area (Å²) in [5.74, 6) is -0.395. The molecule has 0 atom stereocenters. The van der Waals surface area contributed by atoms with E-state index in [1.807, 2.05) is 0 Å². The summed E-state index contributed by atoms with van der Waals surface area (Å²) in [6.07, 6.45) is 3.39. The lowest BCUT2D eigenvalue weighted by Gasteiger charge is -2.25. The molecule has 0 heterocycles. The minimum atomic E-state index is -0.932. The Morgan fingerprint density at radius 3 is 2.37 bits per heavy atom. The number of amides is 2. The third kappa shape index (κ3) is 13.1. The Balaban J connectivity index is 1.56. The predicted octanol–water partition coefficient (Wildman–Crippen LogP) is 6.17. The molecule has 14 heteroatoms. The number of nitrogens with zero attached hydrogens (tertiary/aromatic N) is 2. The number of nitrogens with one attached hydrogen (secondary N) is 2. The summed E-state index contributed by atoms with van der Waals surface area (Å²) in [7, 11) is 0. The Morgan fingerprint density at radius 1 is 0.884 bits per heavy atom. The molecular formula is C29H34N4O10. The molecule has 0 aromatic heterocycles. The van der Waals surface area contributed by atoms with E-state index in [-0.39, 0.29) is 26.1 Å². The van der Waals surface area contributed by atoms with Crippen LogP contribution in [-0.4, -0.2) is 49.1 Å². The van der Waals surface area contributed by atoms with Crippen molar-refractivity contribution in [3.05, 3.63) is 47.5 Å². The quantitative estimate of drug-likeness (QED) is 0.0566. The van der Waals surface area contributed by atoms with Crippen molar-refractivity contribution in [2.75, 3.05) is 23.8 Å². The summed E-state index contributed by atoms with van der Waals surface area (Å²) in [6.45, 7) is 7.00. The van der Waals surface area contributed by atoms with Gasteiger partial charge in [0.25, 0.3) is 0 Å². The Kier molecular flexibility index (Phi) is 14.2. The van der Waals surface area contributed by atoms with Crippen molar-refractivity contribution in [3.63, 3.8) is 0 Å². The van der Waals surface area contributed by atoms with Crippen LogP contribution < -0.4 is 10.6 Å². The molecule has 0 aliphatic rings. The van der Waals surface area contributed by atoms with E-state index in [4.69, 9.17) is 14.4 Å². The number of carbonyl (C=O) groups excluding carboxylic acids is 5. The number of aliphatic imine (C=N–C) groups is 2. The zero-order valence-corrected chi connectivity index (χ0v) is 24.4. The zero-order valence-electron chi connectivity index (χ0n) is 24.4. The second-order valence-corrected chi connectivity index (χ2v) is 9.80. The zero-order chi connectivity index (χ0) is 31.7. The number of carbonyl (C=O) groups is 3. The van der Waals surface area contributed by atoms with E-state index >= 15 is 0 Å². The summed E-state index contributed by atoms with van der Waals surface area (Å²) < 4.78 is 10.7. The van der Waals surface area contributed by atoms with Crippen molar-refractivity contribution in [3.8, 4) is 0 Å². The molecule has 0 fully saturated rings. The smallest absolute Gasteiger partial charge is 0.446 e. The first-order valence-corrected chi connectivity index (χ1v) is 13.3. The van der Waals surface area contributed by atoms with Gasteiger partial charge in [-0.1, -0.05) is 18.6 Å². The van der Waals surface area contributed by atoms with Crippen LogP contribution in [0.2, 0.25) is 0 Å². The molecule has 43 heavy (non-hydrogen) atoms. The normalized spacial score (nSPS) is 10.5. The van der Waals surface area contributed by atoms with E-state index in [0.717, 1.165) is 5.56 Å². The van der Waals surface area contributed by atoms with E-state index in [2.05, 4.69) is 30.5 Å². The second kappa shape index (κ2) is 17.8. The number of ether oxygens (including phenoxy) is 2. The molecule has 2 N–H and O–H groups in total. The molecule has 230 valence electrons. The molecule has 2 rings (SSSR count). The molecule has 0 unspecified atom stereocenters. The van der Waals surface area contributed by atoms with E-state index in [9.17, 15) is 24.0 Å². The number of esters is 1. The van der Waals surface area contributed by atoms with Crippen LogP contribution in [0, 0.1) is 13.8 Å². The van der Waals surface area contributed by atoms with Gasteiger partial charge in [-0.05, 0) is 81.0 Å². The summed E-state index contributed by atoms with van der Waals surface area (Å²) in [6, 6.07) is 9.63. The molecule has 2 aromatic carbocycles. The highest BCUT2D eigenvalue weighted by Crippen LogP contribution is 2.25. The van der Waals surface area contributed by atoms with Crippen LogP contribution in [0.15, 0.2) is 46.4 Å². The lowest BCUT2D eigenvalue weighted by molar-refractivity contribution is -0.480. The van der Waals surface area contributed by atoms with Gasteiger partial charge in [-0.2, -0.15) is 14.9 Å². The summed E-state index contributed by atoms with van der Waals surface area (Å²) in [5.41, 5.74) is 1.97. The molecule has 0 saturated heterocycles. The van der Waals surface area contributed by atoms with Crippen molar-refractivity contribution >= 4 is 53.1 Å². The van der Waals surface area contributed by atoms with Crippen LogP contribution >= 0.6 is 0 Å². The Bertz CT molecular complexity index is 1370. The first kappa shape index (κ1) is 34.3. The highest BCUT2D eigenvalue weighted by molar-refractivity contribution is 5.87. The number of rotatable bonds is 16. The molecule has 0 spiro atoms. The fourth-order valence-electron chi connectivity index (χ4n) is 3.57. The Morgan fingerprint density at radius 2 is 1.63 bits per heavy atom. The minimum Gasteiger partial charge on any atom is -0.460 e. The molecule has 0 bridgehead atoms. The molecule has 0 saturated carbocycles. The fraction of sp³-hybridized carbons (Fsp3) is 0.414. The number of anilines is 2. The largest absolute Gasteiger partial charge is 0.460 e. The SMILES string of the molecule is Cc1ccc(N=C=O)cc1NC(=O)OCCC(C)(C)OC(=O)CCCCCOOOC(=O)Nc1cccc(N=C=O)c1C. The Hall–Kier alpha value is -4.87. The van der Waals surface area contributed by atoms with Gasteiger partial charge < -0.3 is 9.47 Å². The predicted molar refractivity (Wildman–Crippen MR) is 153 cm³/mol. The van der Waals surface area contributed by atoms with Crippen LogP contribution in [0.3, 0.4) is 0 Å². The van der Waals surface area contributed by atoms with Gasteiger partial charge in [-0.3, -0.25) is 15.4 Å². The lowest BCUT2D eigenvalue weighted by Crippen LogP contribution is -2.30. The van der Waals surface area contributed by atoms with Crippen molar-refractivity contribution in [2.45, 2.75) is 65.4 Å². The number of unbranched alkanes of at least 4 members (excludes halogenated alkanes) is 2. The molecule has 0 aliphatic heterocycles. The van der Waals surface area contributed by atoms with Gasteiger partial charge in [0.15, 0.2) is 0 Å².